The van der Waals surface area contributed by atoms with Crippen LogP contribution >= 0.6 is 11.6 Å². The molecule has 0 bridgehead atoms. The highest BCUT2D eigenvalue weighted by molar-refractivity contribution is 6.30. The molecule has 0 fully saturated rings. The number of fused-ring (bicyclic) bond motifs is 1. The molecule has 0 unspecified atom stereocenters. The number of aryl methyl sites for hydroxylation is 1. The van der Waals surface area contributed by atoms with E-state index in [4.69, 9.17) is 11.6 Å². The second-order valence-corrected chi connectivity index (χ2v) is 7.71. The molecule has 0 saturated heterocycles. The topological polar surface area (TPSA) is 68.2 Å². The van der Waals surface area contributed by atoms with E-state index in [2.05, 4.69) is 5.32 Å². The molecule has 154 valence electrons. The normalized spacial score (nSPS) is 10.8. The van der Waals surface area contributed by atoms with Crippen LogP contribution in [-0.2, 0) is 11.3 Å². The van der Waals surface area contributed by atoms with Crippen molar-refractivity contribution in [3.8, 4) is 0 Å². The molecule has 0 atom stereocenters. The van der Waals surface area contributed by atoms with Crippen LogP contribution in [0.5, 0.6) is 0 Å². The molecule has 1 amide bonds. The number of amides is 1. The van der Waals surface area contributed by atoms with E-state index in [9.17, 15) is 14.4 Å². The van der Waals surface area contributed by atoms with Crippen LogP contribution in [0.3, 0.4) is 0 Å². The highest BCUT2D eigenvalue weighted by Crippen LogP contribution is 2.18. The summed E-state index contributed by atoms with van der Waals surface area (Å²) >= 11 is 5.98. The molecule has 31 heavy (non-hydrogen) atoms. The van der Waals surface area contributed by atoms with Gasteiger partial charge in [-0.15, -0.1) is 0 Å². The van der Waals surface area contributed by atoms with Gasteiger partial charge in [0, 0.05) is 27.9 Å². The van der Waals surface area contributed by atoms with E-state index in [1.165, 1.54) is 6.20 Å². The Morgan fingerprint density at radius 2 is 1.74 bits per heavy atom. The van der Waals surface area contributed by atoms with E-state index in [1.54, 1.807) is 71.3 Å². The highest BCUT2D eigenvalue weighted by Gasteiger charge is 2.18. The summed E-state index contributed by atoms with van der Waals surface area (Å²) in [6.45, 7) is 1.81. The summed E-state index contributed by atoms with van der Waals surface area (Å²) in [5.41, 5.74) is 2.14. The maximum atomic E-state index is 13.1. The lowest BCUT2D eigenvalue weighted by atomic mass is 10.0. The van der Waals surface area contributed by atoms with Crippen molar-refractivity contribution in [2.24, 2.45) is 0 Å². The molecule has 6 heteroatoms. The van der Waals surface area contributed by atoms with E-state index < -0.39 is 0 Å². The summed E-state index contributed by atoms with van der Waals surface area (Å²) < 4.78 is 1.63. The zero-order chi connectivity index (χ0) is 22.0. The van der Waals surface area contributed by atoms with E-state index >= 15 is 0 Å². The first-order chi connectivity index (χ1) is 14.9. The minimum Gasteiger partial charge on any atom is -0.337 e. The Morgan fingerprint density at radius 3 is 2.48 bits per heavy atom. The zero-order valence-corrected chi connectivity index (χ0v) is 17.5. The molecule has 1 heterocycles. The SMILES string of the molecule is Cc1ccc2c(c1)c(=O)c(C(=O)c1ccccc1)cn2CC(=O)Nc1cccc(Cl)c1. The Kier molecular flexibility index (Phi) is 5.69. The number of carbonyl (C=O) groups is 2. The number of anilines is 1. The van der Waals surface area contributed by atoms with Crippen molar-refractivity contribution in [1.82, 2.24) is 4.57 Å². The van der Waals surface area contributed by atoms with Crippen LogP contribution in [0, 0.1) is 6.92 Å². The lowest BCUT2D eigenvalue weighted by Crippen LogP contribution is -2.24. The van der Waals surface area contributed by atoms with Gasteiger partial charge in [-0.2, -0.15) is 0 Å². The fourth-order valence-electron chi connectivity index (χ4n) is 3.47. The van der Waals surface area contributed by atoms with Gasteiger partial charge in [0.1, 0.15) is 6.54 Å². The van der Waals surface area contributed by atoms with Crippen LogP contribution < -0.4 is 10.7 Å². The number of nitrogens with zero attached hydrogens (tertiary/aromatic N) is 1. The summed E-state index contributed by atoms with van der Waals surface area (Å²) in [6.07, 6.45) is 1.47. The molecular weight excluding hydrogens is 412 g/mol. The first kappa shape index (κ1) is 20.6. The largest absolute Gasteiger partial charge is 0.337 e. The van der Waals surface area contributed by atoms with E-state index in [0.29, 0.717) is 27.2 Å². The molecule has 3 aromatic carbocycles. The molecule has 0 saturated carbocycles. The van der Waals surface area contributed by atoms with Gasteiger partial charge in [0.05, 0.1) is 11.1 Å². The standard InChI is InChI=1S/C25H19ClN2O3/c1-16-10-11-22-20(12-16)25(31)21(24(30)17-6-3-2-4-7-17)14-28(22)15-23(29)27-19-9-5-8-18(26)13-19/h2-14H,15H2,1H3,(H,27,29). The Bertz CT molecular complexity index is 1360. The molecule has 1 N–H and O–H groups in total. The molecule has 0 aliphatic heterocycles. The number of nitrogens with one attached hydrogen (secondary N) is 1. The van der Waals surface area contributed by atoms with E-state index in [0.717, 1.165) is 5.56 Å². The lowest BCUT2D eigenvalue weighted by Gasteiger charge is -2.14. The highest BCUT2D eigenvalue weighted by atomic mass is 35.5. The molecule has 1 aromatic heterocycles. The van der Waals surface area contributed by atoms with Crippen molar-refractivity contribution in [1.29, 1.82) is 0 Å². The van der Waals surface area contributed by atoms with Crippen molar-refractivity contribution in [2.45, 2.75) is 13.5 Å². The van der Waals surface area contributed by atoms with Crippen molar-refractivity contribution < 1.29 is 9.59 Å². The molecule has 5 nitrogen and oxygen atoms in total. The smallest absolute Gasteiger partial charge is 0.244 e. The predicted octanol–water partition coefficient (Wildman–Crippen LogP) is 4.83. The Hall–Kier alpha value is -3.70. The zero-order valence-electron chi connectivity index (χ0n) is 16.8. The lowest BCUT2D eigenvalue weighted by molar-refractivity contribution is -0.116. The molecule has 0 spiro atoms. The number of hydrogen-bond donors (Lipinski definition) is 1. The van der Waals surface area contributed by atoms with Gasteiger partial charge in [0.15, 0.2) is 5.78 Å². The number of pyridine rings is 1. The molecular formula is C25H19ClN2O3. The first-order valence-corrected chi connectivity index (χ1v) is 10.1. The van der Waals surface area contributed by atoms with Crippen molar-refractivity contribution in [3.63, 3.8) is 0 Å². The molecule has 4 aromatic rings. The monoisotopic (exact) mass is 430 g/mol. The van der Waals surface area contributed by atoms with Gasteiger partial charge >= 0.3 is 0 Å². The third-order valence-corrected chi connectivity index (χ3v) is 5.17. The minimum absolute atomic E-state index is 0.0276. The second kappa shape index (κ2) is 8.58. The first-order valence-electron chi connectivity index (χ1n) is 9.71. The second-order valence-electron chi connectivity index (χ2n) is 7.27. The van der Waals surface area contributed by atoms with E-state index in [1.807, 2.05) is 13.0 Å². The summed E-state index contributed by atoms with van der Waals surface area (Å²) in [7, 11) is 0. The summed E-state index contributed by atoms with van der Waals surface area (Å²) in [4.78, 5) is 38.8. The Morgan fingerprint density at radius 1 is 0.968 bits per heavy atom. The Balaban J connectivity index is 1.77. The summed E-state index contributed by atoms with van der Waals surface area (Å²) in [6, 6.07) is 20.9. The minimum atomic E-state index is -0.377. The fraction of sp³-hybridized carbons (Fsp3) is 0.0800. The van der Waals surface area contributed by atoms with Gasteiger partial charge < -0.3 is 9.88 Å². The Labute approximate surface area is 183 Å². The van der Waals surface area contributed by atoms with Gasteiger partial charge in [-0.3, -0.25) is 14.4 Å². The van der Waals surface area contributed by atoms with Gasteiger partial charge in [-0.1, -0.05) is 59.6 Å². The van der Waals surface area contributed by atoms with Crippen LogP contribution in [0.1, 0.15) is 21.5 Å². The third-order valence-electron chi connectivity index (χ3n) is 4.94. The molecule has 0 aliphatic rings. The van der Waals surface area contributed by atoms with Gasteiger partial charge in [-0.25, -0.2) is 0 Å². The molecule has 0 aliphatic carbocycles. The van der Waals surface area contributed by atoms with Gasteiger partial charge in [-0.05, 0) is 37.3 Å². The number of benzene rings is 3. The van der Waals surface area contributed by atoms with Crippen LogP contribution in [-0.4, -0.2) is 16.3 Å². The van der Waals surface area contributed by atoms with Crippen molar-refractivity contribution >= 4 is 39.9 Å². The van der Waals surface area contributed by atoms with Crippen LogP contribution in [0.4, 0.5) is 5.69 Å². The molecule has 0 radical (unpaired) electrons. The molecule has 4 rings (SSSR count). The number of ketones is 1. The number of carbonyl (C=O) groups excluding carboxylic acids is 2. The number of rotatable bonds is 5. The maximum Gasteiger partial charge on any atom is 0.244 e. The summed E-state index contributed by atoms with van der Waals surface area (Å²) in [5, 5.41) is 3.71. The van der Waals surface area contributed by atoms with Crippen LogP contribution in [0.2, 0.25) is 5.02 Å². The predicted molar refractivity (Wildman–Crippen MR) is 123 cm³/mol. The number of halogens is 1. The number of aromatic nitrogens is 1. The van der Waals surface area contributed by atoms with Crippen LogP contribution in [0.25, 0.3) is 10.9 Å². The fourth-order valence-corrected chi connectivity index (χ4v) is 3.66. The third kappa shape index (κ3) is 4.42. The van der Waals surface area contributed by atoms with Gasteiger partial charge in [0.25, 0.3) is 0 Å². The van der Waals surface area contributed by atoms with Crippen molar-refractivity contribution in [2.75, 3.05) is 5.32 Å². The summed E-state index contributed by atoms with van der Waals surface area (Å²) in [5.74, 6) is -0.677. The van der Waals surface area contributed by atoms with Crippen molar-refractivity contribution in [3.05, 3.63) is 111 Å². The average molecular weight is 431 g/mol. The average Bonchev–Trinajstić information content (AvgIpc) is 2.76. The van der Waals surface area contributed by atoms with Crippen LogP contribution in [0.15, 0.2) is 83.8 Å². The quantitative estimate of drug-likeness (QED) is 0.461. The van der Waals surface area contributed by atoms with E-state index in [-0.39, 0.29) is 29.2 Å². The van der Waals surface area contributed by atoms with Gasteiger partial charge in [0.2, 0.25) is 11.3 Å². The number of hydrogen-bond acceptors (Lipinski definition) is 3. The maximum absolute atomic E-state index is 13.1.